The van der Waals surface area contributed by atoms with Crippen LogP contribution >= 0.6 is 0 Å². The maximum atomic E-state index is 13.4. The fraction of sp³-hybridized carbons (Fsp3) is 0.750. The predicted octanol–water partition coefficient (Wildman–Crippen LogP) is 4.32. The molecule has 2 heterocycles. The Hall–Kier alpha value is -1.83. The van der Waals surface area contributed by atoms with Gasteiger partial charge < -0.3 is 15.5 Å². The van der Waals surface area contributed by atoms with Crippen LogP contribution in [0, 0.1) is 23.2 Å². The van der Waals surface area contributed by atoms with Gasteiger partial charge in [0.2, 0.25) is 5.91 Å². The number of carbonyl (C=O) groups excluding carboxylic acids is 1. The Balaban J connectivity index is 1.47. The van der Waals surface area contributed by atoms with Gasteiger partial charge in [-0.25, -0.2) is 4.98 Å². The van der Waals surface area contributed by atoms with Crippen LogP contribution in [0.1, 0.15) is 58.4 Å². The molecule has 1 aromatic rings. The highest BCUT2D eigenvalue weighted by molar-refractivity contribution is 5.82. The highest BCUT2D eigenvalue weighted by Crippen LogP contribution is 2.44. The third kappa shape index (κ3) is 5.21. The monoisotopic (exact) mass is 452 g/mol. The number of rotatable bonds is 6. The number of amides is 1. The summed E-state index contributed by atoms with van der Waals surface area (Å²) in [6.45, 7) is 8.58. The van der Waals surface area contributed by atoms with Gasteiger partial charge in [-0.3, -0.25) is 4.79 Å². The second-order valence-corrected chi connectivity index (χ2v) is 11.2. The first-order valence-electron chi connectivity index (χ1n) is 11.8. The van der Waals surface area contributed by atoms with Crippen molar-refractivity contribution in [1.82, 2.24) is 9.88 Å². The molecule has 2 N–H and O–H groups in total. The summed E-state index contributed by atoms with van der Waals surface area (Å²) in [4.78, 5) is 21.7. The first-order chi connectivity index (χ1) is 14.9. The first kappa shape index (κ1) is 23.3. The number of fused-ring (bicyclic) bond motifs is 1. The van der Waals surface area contributed by atoms with E-state index in [-0.39, 0.29) is 17.4 Å². The molecule has 1 aromatic heterocycles. The topological polar surface area (TPSA) is 62.5 Å². The summed E-state index contributed by atoms with van der Waals surface area (Å²) < 4.78 is 38.6. The molecule has 32 heavy (non-hydrogen) atoms. The maximum Gasteiger partial charge on any atom is 0.417 e. The lowest BCUT2D eigenvalue weighted by atomic mass is 9.87. The molecule has 2 aliphatic carbocycles. The Morgan fingerprint density at radius 2 is 1.91 bits per heavy atom. The van der Waals surface area contributed by atoms with Gasteiger partial charge in [-0.05, 0) is 61.5 Å². The van der Waals surface area contributed by atoms with Crippen molar-refractivity contribution >= 4 is 11.7 Å². The number of halogens is 3. The average Bonchev–Trinajstić information content (AvgIpc) is 3.28. The first-order valence-corrected chi connectivity index (χ1v) is 11.8. The van der Waals surface area contributed by atoms with Crippen LogP contribution in [0.15, 0.2) is 18.3 Å². The molecule has 8 heteroatoms. The van der Waals surface area contributed by atoms with Crippen LogP contribution in [0.25, 0.3) is 0 Å². The van der Waals surface area contributed by atoms with Crippen molar-refractivity contribution in [2.24, 2.45) is 28.9 Å². The molecule has 3 fully saturated rings. The Labute approximate surface area is 188 Å². The molecule has 4 rings (SSSR count). The summed E-state index contributed by atoms with van der Waals surface area (Å²) in [6, 6.07) is 2.22. The minimum Gasteiger partial charge on any atom is -0.356 e. The smallest absolute Gasteiger partial charge is 0.356 e. The van der Waals surface area contributed by atoms with Gasteiger partial charge in [0.1, 0.15) is 5.82 Å². The number of hydrogen-bond donors (Lipinski definition) is 1. The number of hydrogen-bond acceptors (Lipinski definition) is 4. The summed E-state index contributed by atoms with van der Waals surface area (Å²) in [5, 5.41) is 0. The van der Waals surface area contributed by atoms with E-state index in [0.29, 0.717) is 30.0 Å². The molecule has 5 nitrogen and oxygen atoms in total. The zero-order valence-corrected chi connectivity index (χ0v) is 19.2. The number of pyridine rings is 1. The van der Waals surface area contributed by atoms with Crippen LogP contribution in [-0.2, 0) is 11.0 Å². The van der Waals surface area contributed by atoms with E-state index in [1.807, 2.05) is 0 Å². The number of aromatic nitrogens is 1. The molecule has 1 amide bonds. The fourth-order valence-corrected chi connectivity index (χ4v) is 5.48. The van der Waals surface area contributed by atoms with Gasteiger partial charge in [-0.1, -0.05) is 20.8 Å². The van der Waals surface area contributed by atoms with Crippen molar-refractivity contribution < 1.29 is 18.0 Å². The van der Waals surface area contributed by atoms with Crippen molar-refractivity contribution in [1.29, 1.82) is 0 Å². The van der Waals surface area contributed by atoms with Crippen molar-refractivity contribution in [2.45, 2.75) is 71.1 Å². The van der Waals surface area contributed by atoms with E-state index in [4.69, 9.17) is 5.73 Å². The molecule has 0 spiro atoms. The van der Waals surface area contributed by atoms with Gasteiger partial charge in [-0.15, -0.1) is 0 Å². The third-order valence-corrected chi connectivity index (χ3v) is 7.20. The summed E-state index contributed by atoms with van der Waals surface area (Å²) >= 11 is 0. The van der Waals surface area contributed by atoms with E-state index >= 15 is 0 Å². The SMILES string of the molecule is CC(C)(C)C[C@H](N)C(=O)N(CC1CC1)C1CC[C@@H]2CN(c3ccc(C(F)(F)F)cn3)CC12. The van der Waals surface area contributed by atoms with E-state index in [9.17, 15) is 18.0 Å². The molecule has 3 aliphatic rings. The Morgan fingerprint density at radius 3 is 2.47 bits per heavy atom. The van der Waals surface area contributed by atoms with Gasteiger partial charge in [0.25, 0.3) is 0 Å². The van der Waals surface area contributed by atoms with Crippen molar-refractivity contribution in [3.8, 4) is 0 Å². The summed E-state index contributed by atoms with van der Waals surface area (Å²) in [6.07, 6.45) is 1.51. The second-order valence-electron chi connectivity index (χ2n) is 11.2. The van der Waals surface area contributed by atoms with Crippen LogP contribution in [-0.4, -0.2) is 47.5 Å². The van der Waals surface area contributed by atoms with Gasteiger partial charge in [-0.2, -0.15) is 13.2 Å². The molecule has 1 saturated heterocycles. The minimum absolute atomic E-state index is 0.0169. The lowest BCUT2D eigenvalue weighted by Crippen LogP contribution is -2.52. The third-order valence-electron chi connectivity index (χ3n) is 7.20. The quantitative estimate of drug-likeness (QED) is 0.698. The Bertz CT molecular complexity index is 816. The number of nitrogens with two attached hydrogens (primary N) is 1. The van der Waals surface area contributed by atoms with Crippen molar-refractivity contribution in [2.75, 3.05) is 24.5 Å². The highest BCUT2D eigenvalue weighted by atomic mass is 19.4. The molecule has 0 aromatic carbocycles. The summed E-state index contributed by atoms with van der Waals surface area (Å²) in [7, 11) is 0. The summed E-state index contributed by atoms with van der Waals surface area (Å²) in [5.74, 6) is 1.95. The zero-order chi connectivity index (χ0) is 23.3. The molecule has 2 unspecified atom stereocenters. The minimum atomic E-state index is -4.38. The number of nitrogens with zero attached hydrogens (tertiary/aromatic N) is 3. The molecule has 0 radical (unpaired) electrons. The number of carbonyl (C=O) groups is 1. The van der Waals surface area contributed by atoms with Crippen LogP contribution in [0.3, 0.4) is 0 Å². The zero-order valence-electron chi connectivity index (χ0n) is 19.2. The molecule has 2 saturated carbocycles. The van der Waals surface area contributed by atoms with Crippen LogP contribution in [0.2, 0.25) is 0 Å². The standard InChI is InChI=1S/C24H35F3N4O/c1-23(2,3)10-19(28)22(32)31(12-15-4-5-15)20-8-6-16-13-30(14-18(16)20)21-9-7-17(11-29-21)24(25,26)27/h7,9,11,15-16,18-20H,4-6,8,10,12-14,28H2,1-3H3/t16-,18?,19+,20?/m1/s1. The van der Waals surface area contributed by atoms with E-state index < -0.39 is 17.8 Å². The predicted molar refractivity (Wildman–Crippen MR) is 118 cm³/mol. The van der Waals surface area contributed by atoms with E-state index in [1.165, 1.54) is 18.9 Å². The summed E-state index contributed by atoms with van der Waals surface area (Å²) in [5.41, 5.74) is 5.62. The van der Waals surface area contributed by atoms with Crippen LogP contribution in [0.5, 0.6) is 0 Å². The normalized spacial score (nSPS) is 26.8. The maximum absolute atomic E-state index is 13.4. The Morgan fingerprint density at radius 1 is 1.19 bits per heavy atom. The van der Waals surface area contributed by atoms with Gasteiger partial charge in [0, 0.05) is 37.8 Å². The van der Waals surface area contributed by atoms with Crippen molar-refractivity contribution in [3.63, 3.8) is 0 Å². The highest BCUT2D eigenvalue weighted by Gasteiger charge is 2.48. The second kappa shape index (κ2) is 8.50. The molecular weight excluding hydrogens is 417 g/mol. The molecule has 178 valence electrons. The lowest BCUT2D eigenvalue weighted by molar-refractivity contribution is -0.138. The van der Waals surface area contributed by atoms with E-state index in [2.05, 4.69) is 35.6 Å². The number of alkyl halides is 3. The van der Waals surface area contributed by atoms with E-state index in [0.717, 1.165) is 44.7 Å². The molecule has 0 bridgehead atoms. The molecule has 4 atom stereocenters. The largest absolute Gasteiger partial charge is 0.417 e. The van der Waals surface area contributed by atoms with Gasteiger partial charge >= 0.3 is 6.18 Å². The molecule has 1 aliphatic heterocycles. The van der Waals surface area contributed by atoms with Gasteiger partial charge in [0.15, 0.2) is 0 Å². The van der Waals surface area contributed by atoms with Crippen LogP contribution < -0.4 is 10.6 Å². The van der Waals surface area contributed by atoms with E-state index in [1.54, 1.807) is 0 Å². The Kier molecular flexibility index (Phi) is 6.20. The average molecular weight is 453 g/mol. The van der Waals surface area contributed by atoms with Crippen LogP contribution in [0.4, 0.5) is 19.0 Å². The van der Waals surface area contributed by atoms with Gasteiger partial charge in [0.05, 0.1) is 11.6 Å². The van der Waals surface area contributed by atoms with Crippen molar-refractivity contribution in [3.05, 3.63) is 23.9 Å². The lowest BCUT2D eigenvalue weighted by Gasteiger charge is -2.36. The number of anilines is 1. The molecular formula is C24H35F3N4O. The fourth-order valence-electron chi connectivity index (χ4n) is 5.48.